The van der Waals surface area contributed by atoms with Gasteiger partial charge in [0.2, 0.25) is 5.95 Å². The molecule has 4 heterocycles. The minimum absolute atomic E-state index is 0.533. The van der Waals surface area contributed by atoms with Crippen LogP contribution in [0.2, 0.25) is 0 Å². The minimum atomic E-state index is 0.533. The highest BCUT2D eigenvalue weighted by Gasteiger charge is 2.21. The zero-order chi connectivity index (χ0) is 24.0. The number of nitrogens with one attached hydrogen (secondary N) is 2. The standard InChI is InChI=1S/C26H37N7OS/c1-20-5-4-12-33(19-20)24-17-23(32-13-15-34-16-14-32)28-25(29-24)30-26(35)27-18-21-6-8-22(9-7-21)31-10-2-3-11-31/h6-9,17,20H,2-5,10-16,18-19H2,1H3,(H2,27,28,29,30,35)/t20-/m1/s1. The monoisotopic (exact) mass is 495 g/mol. The van der Waals surface area contributed by atoms with Crippen molar-refractivity contribution in [3.63, 3.8) is 0 Å². The predicted octanol–water partition coefficient (Wildman–Crippen LogP) is 3.64. The van der Waals surface area contributed by atoms with E-state index in [1.807, 2.05) is 0 Å². The summed E-state index contributed by atoms with van der Waals surface area (Å²) in [5, 5.41) is 7.10. The molecule has 35 heavy (non-hydrogen) atoms. The number of benzene rings is 1. The van der Waals surface area contributed by atoms with Crippen molar-refractivity contribution in [2.24, 2.45) is 5.92 Å². The quantitative estimate of drug-likeness (QED) is 0.585. The Hall–Kier alpha value is -2.65. The molecule has 0 aliphatic carbocycles. The Morgan fingerprint density at radius 1 is 0.943 bits per heavy atom. The van der Waals surface area contributed by atoms with Crippen LogP contribution in [0.15, 0.2) is 30.3 Å². The van der Waals surface area contributed by atoms with Gasteiger partial charge in [0.05, 0.1) is 13.2 Å². The lowest BCUT2D eigenvalue weighted by atomic mass is 10.0. The summed E-state index contributed by atoms with van der Waals surface area (Å²) in [6.07, 6.45) is 5.04. The van der Waals surface area contributed by atoms with Crippen molar-refractivity contribution in [1.29, 1.82) is 0 Å². The van der Waals surface area contributed by atoms with Crippen LogP contribution in [0.25, 0.3) is 0 Å². The Balaban J connectivity index is 1.24. The third-order valence-corrected chi connectivity index (χ3v) is 7.35. The van der Waals surface area contributed by atoms with E-state index >= 15 is 0 Å². The summed E-state index contributed by atoms with van der Waals surface area (Å²) in [6, 6.07) is 10.9. The second-order valence-electron chi connectivity index (χ2n) is 9.87. The minimum Gasteiger partial charge on any atom is -0.378 e. The van der Waals surface area contributed by atoms with Gasteiger partial charge in [-0.15, -0.1) is 0 Å². The molecule has 2 N–H and O–H groups in total. The van der Waals surface area contributed by atoms with E-state index in [-0.39, 0.29) is 0 Å². The molecule has 0 saturated carbocycles. The summed E-state index contributed by atoms with van der Waals surface area (Å²) >= 11 is 5.61. The molecule has 3 aliphatic rings. The fourth-order valence-corrected chi connectivity index (χ4v) is 5.28. The van der Waals surface area contributed by atoms with Crippen LogP contribution < -0.4 is 25.3 Å². The second kappa shape index (κ2) is 11.4. The van der Waals surface area contributed by atoms with Crippen molar-refractivity contribution in [2.75, 3.05) is 72.5 Å². The van der Waals surface area contributed by atoms with Gasteiger partial charge in [0, 0.05) is 57.6 Å². The van der Waals surface area contributed by atoms with Gasteiger partial charge in [-0.25, -0.2) is 0 Å². The van der Waals surface area contributed by atoms with E-state index in [4.69, 9.17) is 26.9 Å². The first-order valence-electron chi connectivity index (χ1n) is 13.0. The number of ether oxygens (including phenoxy) is 1. The molecule has 8 nitrogen and oxygen atoms in total. The lowest BCUT2D eigenvalue weighted by Crippen LogP contribution is -2.38. The van der Waals surface area contributed by atoms with Crippen molar-refractivity contribution in [2.45, 2.75) is 39.2 Å². The van der Waals surface area contributed by atoms with Gasteiger partial charge >= 0.3 is 0 Å². The van der Waals surface area contributed by atoms with Crippen LogP contribution in [-0.4, -0.2) is 67.6 Å². The van der Waals surface area contributed by atoms with Crippen LogP contribution in [0.1, 0.15) is 38.2 Å². The smallest absolute Gasteiger partial charge is 0.232 e. The maximum Gasteiger partial charge on any atom is 0.232 e. The van der Waals surface area contributed by atoms with Crippen LogP contribution in [0.5, 0.6) is 0 Å². The van der Waals surface area contributed by atoms with Crippen LogP contribution in [0.3, 0.4) is 0 Å². The van der Waals surface area contributed by atoms with Crippen LogP contribution in [0, 0.1) is 5.92 Å². The fourth-order valence-electron chi connectivity index (χ4n) is 5.12. The fraction of sp³-hybridized carbons (Fsp3) is 0.577. The molecule has 3 saturated heterocycles. The first kappa shape index (κ1) is 24.1. The van der Waals surface area contributed by atoms with Gasteiger partial charge in [0.15, 0.2) is 5.11 Å². The lowest BCUT2D eigenvalue weighted by molar-refractivity contribution is 0.122. The summed E-state index contributed by atoms with van der Waals surface area (Å²) in [7, 11) is 0. The zero-order valence-corrected chi connectivity index (χ0v) is 21.5. The van der Waals surface area contributed by atoms with Gasteiger partial charge < -0.3 is 30.1 Å². The Morgan fingerprint density at radius 2 is 1.63 bits per heavy atom. The summed E-state index contributed by atoms with van der Waals surface area (Å²) in [5.41, 5.74) is 2.50. The Bertz CT molecular complexity index is 990. The van der Waals surface area contributed by atoms with E-state index in [0.29, 0.717) is 23.5 Å². The van der Waals surface area contributed by atoms with Crippen molar-refractivity contribution in [3.05, 3.63) is 35.9 Å². The molecule has 0 spiro atoms. The number of piperidine rings is 1. The topological polar surface area (TPSA) is 68.8 Å². The molecular weight excluding hydrogens is 458 g/mol. The van der Waals surface area contributed by atoms with Gasteiger partial charge in [-0.3, -0.25) is 0 Å². The summed E-state index contributed by atoms with van der Waals surface area (Å²) in [5.74, 6) is 3.11. The predicted molar refractivity (Wildman–Crippen MR) is 147 cm³/mol. The van der Waals surface area contributed by atoms with Crippen LogP contribution in [0.4, 0.5) is 23.3 Å². The van der Waals surface area contributed by atoms with Gasteiger partial charge in [-0.2, -0.15) is 9.97 Å². The van der Waals surface area contributed by atoms with Gasteiger partial charge in [-0.05, 0) is 61.5 Å². The summed E-state index contributed by atoms with van der Waals surface area (Å²) < 4.78 is 5.54. The number of morpholine rings is 1. The Morgan fingerprint density at radius 3 is 2.34 bits per heavy atom. The van der Waals surface area contributed by atoms with Gasteiger partial charge in [0.25, 0.3) is 0 Å². The molecule has 1 atom stereocenters. The molecule has 9 heteroatoms. The van der Waals surface area contributed by atoms with E-state index in [9.17, 15) is 0 Å². The number of hydrogen-bond donors (Lipinski definition) is 2. The van der Waals surface area contributed by atoms with E-state index in [2.05, 4.69) is 62.6 Å². The van der Waals surface area contributed by atoms with Crippen molar-refractivity contribution >= 4 is 40.6 Å². The molecule has 3 fully saturated rings. The number of rotatable bonds is 6. The first-order chi connectivity index (χ1) is 17.1. The van der Waals surface area contributed by atoms with E-state index in [0.717, 1.165) is 64.1 Å². The van der Waals surface area contributed by atoms with Gasteiger partial charge in [-0.1, -0.05) is 19.1 Å². The molecule has 1 aromatic carbocycles. The molecule has 188 valence electrons. The Kier molecular flexibility index (Phi) is 7.83. The van der Waals surface area contributed by atoms with Crippen molar-refractivity contribution in [3.8, 4) is 0 Å². The van der Waals surface area contributed by atoms with Gasteiger partial charge in [0.1, 0.15) is 11.6 Å². The number of hydrogen-bond acceptors (Lipinski definition) is 7. The third kappa shape index (κ3) is 6.32. The molecule has 0 radical (unpaired) electrons. The molecule has 1 aromatic heterocycles. The second-order valence-corrected chi connectivity index (χ2v) is 10.3. The number of nitrogens with zero attached hydrogens (tertiary/aromatic N) is 5. The summed E-state index contributed by atoms with van der Waals surface area (Å²) in [6.45, 7) is 10.5. The largest absolute Gasteiger partial charge is 0.378 e. The highest BCUT2D eigenvalue weighted by Crippen LogP contribution is 2.26. The lowest BCUT2D eigenvalue weighted by Gasteiger charge is -2.33. The molecule has 0 bridgehead atoms. The van der Waals surface area contributed by atoms with E-state index in [1.54, 1.807) is 0 Å². The Labute approximate surface area is 214 Å². The number of thiocarbonyl (C=S) groups is 1. The van der Waals surface area contributed by atoms with Crippen molar-refractivity contribution < 1.29 is 4.74 Å². The average Bonchev–Trinajstić information content (AvgIpc) is 3.43. The van der Waals surface area contributed by atoms with E-state index < -0.39 is 0 Å². The first-order valence-corrected chi connectivity index (χ1v) is 13.4. The molecular formula is C26H37N7OS. The highest BCUT2D eigenvalue weighted by molar-refractivity contribution is 7.80. The maximum atomic E-state index is 5.61. The average molecular weight is 496 g/mol. The normalized spacial score (nSPS) is 20.7. The zero-order valence-electron chi connectivity index (χ0n) is 20.7. The maximum absolute atomic E-state index is 5.61. The molecule has 2 aromatic rings. The molecule has 0 unspecified atom stereocenters. The molecule has 3 aliphatic heterocycles. The summed E-state index contributed by atoms with van der Waals surface area (Å²) in [4.78, 5) is 16.8. The van der Waals surface area contributed by atoms with E-state index in [1.165, 1.54) is 36.9 Å². The van der Waals surface area contributed by atoms with Crippen molar-refractivity contribution in [1.82, 2.24) is 15.3 Å². The molecule has 5 rings (SSSR count). The van der Waals surface area contributed by atoms with Crippen LogP contribution >= 0.6 is 12.2 Å². The molecule has 0 amide bonds. The number of anilines is 4. The van der Waals surface area contributed by atoms with Crippen LogP contribution in [-0.2, 0) is 11.3 Å². The SMILES string of the molecule is C[C@@H]1CCCN(c2cc(N3CCOCC3)nc(NC(=S)NCc3ccc(N4CCCC4)cc3)n2)C1. The highest BCUT2D eigenvalue weighted by atomic mass is 32.1. The third-order valence-electron chi connectivity index (χ3n) is 7.10. The number of aromatic nitrogens is 2.